The highest BCUT2D eigenvalue weighted by atomic mass is 32.1. The van der Waals surface area contributed by atoms with Crippen molar-refractivity contribution in [3.63, 3.8) is 0 Å². The lowest BCUT2D eigenvalue weighted by molar-refractivity contribution is 0.0757. The molecule has 0 unspecified atom stereocenters. The zero-order valence-electron chi connectivity index (χ0n) is 13.5. The Morgan fingerprint density at radius 2 is 2.17 bits per heavy atom. The van der Waals surface area contributed by atoms with Crippen molar-refractivity contribution in [2.24, 2.45) is 7.05 Å². The predicted molar refractivity (Wildman–Crippen MR) is 88.7 cm³/mol. The number of rotatable bonds is 2. The van der Waals surface area contributed by atoms with Crippen LogP contribution >= 0.6 is 11.5 Å². The van der Waals surface area contributed by atoms with Gasteiger partial charge in [0.15, 0.2) is 5.69 Å². The van der Waals surface area contributed by atoms with Crippen LogP contribution in [0.4, 0.5) is 0 Å². The smallest absolute Gasteiger partial charge is 0.275 e. The summed E-state index contributed by atoms with van der Waals surface area (Å²) in [5.41, 5.74) is 5.75. The number of nitrogens with zero attached hydrogens (tertiary/aromatic N) is 6. The minimum absolute atomic E-state index is 0.0554. The van der Waals surface area contributed by atoms with Gasteiger partial charge in [0.1, 0.15) is 5.69 Å². The van der Waals surface area contributed by atoms with Gasteiger partial charge in [-0.25, -0.2) is 0 Å². The van der Waals surface area contributed by atoms with Crippen LogP contribution in [-0.4, -0.2) is 53.5 Å². The van der Waals surface area contributed by atoms with Gasteiger partial charge in [0, 0.05) is 43.2 Å². The summed E-state index contributed by atoms with van der Waals surface area (Å²) in [4.78, 5) is 14.3. The zero-order chi connectivity index (χ0) is 16.7. The number of carbonyl (C=O) groups excluding carboxylic acids is 1. The van der Waals surface area contributed by atoms with Crippen LogP contribution in [0.3, 0.4) is 0 Å². The number of carbonyl (C=O) groups is 1. The molecule has 3 aromatic rings. The van der Waals surface area contributed by atoms with E-state index in [9.17, 15) is 4.79 Å². The van der Waals surface area contributed by atoms with Gasteiger partial charge >= 0.3 is 0 Å². The molecule has 24 heavy (non-hydrogen) atoms. The topological polar surface area (TPSA) is 92.6 Å². The van der Waals surface area contributed by atoms with Gasteiger partial charge in [-0.15, -0.1) is 5.10 Å². The van der Waals surface area contributed by atoms with E-state index in [0.29, 0.717) is 18.8 Å². The number of hydrogen-bond donors (Lipinski definition) is 1. The third-order valence-electron chi connectivity index (χ3n) is 4.43. The van der Waals surface area contributed by atoms with Gasteiger partial charge < -0.3 is 4.90 Å². The third kappa shape index (κ3) is 2.41. The summed E-state index contributed by atoms with van der Waals surface area (Å²) < 4.78 is 5.62. The minimum Gasteiger partial charge on any atom is -0.337 e. The van der Waals surface area contributed by atoms with Crippen LogP contribution in [0.2, 0.25) is 0 Å². The van der Waals surface area contributed by atoms with Crippen molar-refractivity contribution in [2.75, 3.05) is 13.1 Å². The van der Waals surface area contributed by atoms with E-state index in [4.69, 9.17) is 0 Å². The summed E-state index contributed by atoms with van der Waals surface area (Å²) in [6.07, 6.45) is 3.36. The van der Waals surface area contributed by atoms with Gasteiger partial charge in [-0.1, -0.05) is 4.49 Å². The largest absolute Gasteiger partial charge is 0.337 e. The molecule has 1 aliphatic rings. The van der Waals surface area contributed by atoms with Crippen LogP contribution in [0, 0.1) is 6.92 Å². The third-order valence-corrected chi connectivity index (χ3v) is 4.93. The van der Waals surface area contributed by atoms with Gasteiger partial charge in [-0.05, 0) is 30.4 Å². The SMILES string of the molecule is Cc1cnn(C)c1-c1n[nH]c2c1CCN(C(=O)c1csnn1)CC2. The van der Waals surface area contributed by atoms with E-state index in [1.807, 2.05) is 29.7 Å². The Bertz CT molecular complexity index is 860. The maximum absolute atomic E-state index is 12.5. The van der Waals surface area contributed by atoms with Gasteiger partial charge in [-0.3, -0.25) is 14.6 Å². The second-order valence-electron chi connectivity index (χ2n) is 5.91. The molecule has 1 aliphatic heterocycles. The normalized spacial score (nSPS) is 14.5. The molecule has 124 valence electrons. The lowest BCUT2D eigenvalue weighted by Gasteiger charge is -2.18. The molecular weight excluding hydrogens is 326 g/mol. The first-order chi connectivity index (χ1) is 11.6. The van der Waals surface area contributed by atoms with Crippen molar-refractivity contribution < 1.29 is 4.79 Å². The Hall–Kier alpha value is -2.55. The average Bonchev–Trinajstić information content (AvgIpc) is 3.26. The Morgan fingerprint density at radius 3 is 2.88 bits per heavy atom. The molecule has 9 heteroatoms. The Balaban J connectivity index is 1.62. The molecule has 4 rings (SSSR count). The molecule has 0 radical (unpaired) electrons. The second-order valence-corrected chi connectivity index (χ2v) is 6.52. The molecule has 0 saturated heterocycles. The highest BCUT2D eigenvalue weighted by Crippen LogP contribution is 2.28. The molecule has 1 N–H and O–H groups in total. The number of H-pyrrole nitrogens is 1. The maximum atomic E-state index is 12.5. The number of nitrogens with one attached hydrogen (secondary N) is 1. The van der Waals surface area contributed by atoms with Gasteiger partial charge in [0.25, 0.3) is 5.91 Å². The van der Waals surface area contributed by atoms with Crippen molar-refractivity contribution in [2.45, 2.75) is 19.8 Å². The summed E-state index contributed by atoms with van der Waals surface area (Å²) in [6, 6.07) is 0. The van der Waals surface area contributed by atoms with E-state index >= 15 is 0 Å². The minimum atomic E-state index is -0.0554. The summed E-state index contributed by atoms with van der Waals surface area (Å²) in [6.45, 7) is 3.33. The molecular formula is C15H17N7OS. The van der Waals surface area contributed by atoms with Crippen LogP contribution in [-0.2, 0) is 19.9 Å². The molecule has 1 amide bonds. The zero-order valence-corrected chi connectivity index (χ0v) is 14.3. The quantitative estimate of drug-likeness (QED) is 0.755. The lowest BCUT2D eigenvalue weighted by atomic mass is 10.0. The standard InChI is InChI=1S/C15H17N7OS/c1-9-7-16-21(2)14(9)13-10-3-5-22(6-4-11(10)17-19-13)15(23)12-8-24-20-18-12/h7-8H,3-6H2,1-2H3,(H,17,19). The van der Waals surface area contributed by atoms with Gasteiger partial charge in [-0.2, -0.15) is 10.2 Å². The summed E-state index contributed by atoms with van der Waals surface area (Å²) in [5, 5.41) is 17.5. The molecule has 0 spiro atoms. The van der Waals surface area contributed by atoms with E-state index in [0.717, 1.165) is 35.5 Å². The number of fused-ring (bicyclic) bond motifs is 1. The molecule has 0 fully saturated rings. The summed E-state index contributed by atoms with van der Waals surface area (Å²) in [5.74, 6) is -0.0554. The van der Waals surface area contributed by atoms with Gasteiger partial charge in [0.2, 0.25) is 0 Å². The van der Waals surface area contributed by atoms with E-state index in [1.54, 1.807) is 5.38 Å². The van der Waals surface area contributed by atoms with Crippen molar-refractivity contribution in [3.05, 3.63) is 34.1 Å². The molecule has 0 atom stereocenters. The van der Waals surface area contributed by atoms with Crippen LogP contribution in [0.15, 0.2) is 11.6 Å². The lowest BCUT2D eigenvalue weighted by Crippen LogP contribution is -2.33. The molecule has 3 aromatic heterocycles. The molecule has 0 aliphatic carbocycles. The first-order valence-electron chi connectivity index (χ1n) is 7.76. The average molecular weight is 343 g/mol. The first-order valence-corrected chi connectivity index (χ1v) is 8.60. The molecule has 0 saturated carbocycles. The van der Waals surface area contributed by atoms with Crippen LogP contribution in [0.5, 0.6) is 0 Å². The van der Waals surface area contributed by atoms with E-state index < -0.39 is 0 Å². The molecule has 8 nitrogen and oxygen atoms in total. The highest BCUT2D eigenvalue weighted by molar-refractivity contribution is 7.03. The van der Waals surface area contributed by atoms with Crippen molar-refractivity contribution >= 4 is 17.4 Å². The van der Waals surface area contributed by atoms with Crippen LogP contribution in [0.1, 0.15) is 27.3 Å². The van der Waals surface area contributed by atoms with E-state index in [1.165, 1.54) is 17.1 Å². The second kappa shape index (κ2) is 5.82. The van der Waals surface area contributed by atoms with E-state index in [-0.39, 0.29) is 5.91 Å². The summed E-state index contributed by atoms with van der Waals surface area (Å²) in [7, 11) is 1.92. The fourth-order valence-corrected chi connectivity index (χ4v) is 3.62. The first kappa shape index (κ1) is 15.0. The summed E-state index contributed by atoms with van der Waals surface area (Å²) >= 11 is 1.20. The fourth-order valence-electron chi connectivity index (χ4n) is 3.19. The van der Waals surface area contributed by atoms with Crippen molar-refractivity contribution in [3.8, 4) is 11.4 Å². The predicted octanol–water partition coefficient (Wildman–Crippen LogP) is 1.21. The molecule has 0 bridgehead atoms. The van der Waals surface area contributed by atoms with Crippen molar-refractivity contribution in [1.29, 1.82) is 0 Å². The Kier molecular flexibility index (Phi) is 3.64. The number of aromatic amines is 1. The number of aromatic nitrogens is 6. The molecule has 4 heterocycles. The Morgan fingerprint density at radius 1 is 1.33 bits per heavy atom. The maximum Gasteiger partial charge on any atom is 0.275 e. The van der Waals surface area contributed by atoms with Crippen LogP contribution < -0.4 is 0 Å². The fraction of sp³-hybridized carbons (Fsp3) is 0.400. The van der Waals surface area contributed by atoms with E-state index in [2.05, 4.69) is 24.9 Å². The molecule has 0 aromatic carbocycles. The Labute approximate surface area is 142 Å². The number of amides is 1. The van der Waals surface area contributed by atoms with Crippen molar-refractivity contribution in [1.82, 2.24) is 34.5 Å². The number of aryl methyl sites for hydroxylation is 2. The monoisotopic (exact) mass is 343 g/mol. The van der Waals surface area contributed by atoms with Gasteiger partial charge in [0.05, 0.1) is 11.9 Å². The highest BCUT2D eigenvalue weighted by Gasteiger charge is 2.26. The number of hydrogen-bond acceptors (Lipinski definition) is 6. The van der Waals surface area contributed by atoms with Crippen LogP contribution in [0.25, 0.3) is 11.4 Å².